The van der Waals surface area contributed by atoms with Gasteiger partial charge in [-0.1, -0.05) is 101 Å². The molecule has 0 radical (unpaired) electrons. The number of benzene rings is 2. The topological polar surface area (TPSA) is 0 Å². The van der Waals surface area contributed by atoms with Crippen LogP contribution in [0.4, 0.5) is 0 Å². The fraction of sp³-hybridized carbons (Fsp3) is 0.455. The van der Waals surface area contributed by atoms with Crippen LogP contribution in [-0.2, 0) is 0 Å². The summed E-state index contributed by atoms with van der Waals surface area (Å²) in [7, 11) is 0. The molecule has 0 saturated carbocycles. The monoisotopic (exact) mass is 294 g/mol. The van der Waals surface area contributed by atoms with Gasteiger partial charge < -0.3 is 0 Å². The molecule has 2 aromatic carbocycles. The Bertz CT molecular complexity index is 479. The molecule has 0 heterocycles. The van der Waals surface area contributed by atoms with E-state index in [4.69, 9.17) is 0 Å². The molecule has 0 bridgehead atoms. The molecule has 0 nitrogen and oxygen atoms in total. The number of rotatable bonds is 7. The first-order valence-corrected chi connectivity index (χ1v) is 8.78. The Labute approximate surface area is 136 Å². The van der Waals surface area contributed by atoms with Crippen LogP contribution in [0.1, 0.15) is 57.6 Å². The van der Waals surface area contributed by atoms with Crippen LogP contribution in [0.3, 0.4) is 0 Å². The first kappa shape index (κ1) is 16.8. The normalized spacial score (nSPS) is 15.5. The summed E-state index contributed by atoms with van der Waals surface area (Å²) in [6, 6.07) is 22.1. The van der Waals surface area contributed by atoms with Crippen molar-refractivity contribution in [3.05, 3.63) is 71.8 Å². The Morgan fingerprint density at radius 3 is 1.32 bits per heavy atom. The van der Waals surface area contributed by atoms with Crippen LogP contribution in [-0.4, -0.2) is 0 Å². The van der Waals surface area contributed by atoms with Gasteiger partial charge in [-0.2, -0.15) is 0 Å². The van der Waals surface area contributed by atoms with Gasteiger partial charge in [0.15, 0.2) is 0 Å². The van der Waals surface area contributed by atoms with E-state index in [0.717, 1.165) is 11.8 Å². The van der Waals surface area contributed by atoms with Crippen LogP contribution in [0, 0.1) is 17.8 Å². The first-order chi connectivity index (χ1) is 10.7. The van der Waals surface area contributed by atoms with E-state index in [1.165, 1.54) is 24.0 Å². The van der Waals surface area contributed by atoms with Gasteiger partial charge in [0, 0.05) is 5.92 Å². The predicted octanol–water partition coefficient (Wildman–Crippen LogP) is 6.53. The molecule has 0 aliphatic carbocycles. The SMILES string of the molecule is CCC(C)C(C(C)CC)C(c1ccccc1)c1ccccc1. The fourth-order valence-electron chi connectivity index (χ4n) is 3.72. The standard InChI is InChI=1S/C22H30/c1-5-17(3)21(18(4)6-2)22(19-13-9-7-10-14-19)20-15-11-8-12-16-20/h7-18,21-22H,5-6H2,1-4H3. The van der Waals surface area contributed by atoms with Gasteiger partial charge in [0.1, 0.15) is 0 Å². The molecular weight excluding hydrogens is 264 g/mol. The van der Waals surface area contributed by atoms with E-state index in [1.807, 2.05) is 0 Å². The minimum atomic E-state index is 0.493. The van der Waals surface area contributed by atoms with E-state index >= 15 is 0 Å². The molecule has 0 heteroatoms. The average Bonchev–Trinajstić information content (AvgIpc) is 2.59. The van der Waals surface area contributed by atoms with Gasteiger partial charge >= 0.3 is 0 Å². The Hall–Kier alpha value is -1.56. The second-order valence-electron chi connectivity index (χ2n) is 6.65. The maximum absolute atomic E-state index is 2.43. The van der Waals surface area contributed by atoms with Crippen LogP contribution in [0.25, 0.3) is 0 Å². The van der Waals surface area contributed by atoms with Crippen molar-refractivity contribution in [1.82, 2.24) is 0 Å². The fourth-order valence-corrected chi connectivity index (χ4v) is 3.72. The first-order valence-electron chi connectivity index (χ1n) is 8.78. The molecule has 0 N–H and O–H groups in total. The lowest BCUT2D eigenvalue weighted by atomic mass is 9.68. The molecule has 0 amide bonds. The Morgan fingerprint density at radius 1 is 0.636 bits per heavy atom. The molecule has 0 spiro atoms. The molecule has 0 aromatic heterocycles. The lowest BCUT2D eigenvalue weighted by Crippen LogP contribution is -2.27. The molecule has 2 atom stereocenters. The van der Waals surface area contributed by atoms with Crippen LogP contribution in [0.15, 0.2) is 60.7 Å². The second-order valence-corrected chi connectivity index (χ2v) is 6.65. The molecule has 0 aliphatic rings. The lowest BCUT2D eigenvalue weighted by Gasteiger charge is -2.36. The highest BCUT2D eigenvalue weighted by Crippen LogP contribution is 2.42. The molecule has 0 fully saturated rings. The third-order valence-corrected chi connectivity index (χ3v) is 5.30. The molecule has 0 saturated heterocycles. The Balaban J connectivity index is 2.51. The Morgan fingerprint density at radius 2 is 1.00 bits per heavy atom. The van der Waals surface area contributed by atoms with Crippen molar-refractivity contribution >= 4 is 0 Å². The van der Waals surface area contributed by atoms with E-state index in [0.29, 0.717) is 11.8 Å². The third kappa shape index (κ3) is 3.80. The van der Waals surface area contributed by atoms with Crippen molar-refractivity contribution in [2.75, 3.05) is 0 Å². The van der Waals surface area contributed by atoms with E-state index in [1.54, 1.807) is 0 Å². The maximum Gasteiger partial charge on any atom is 0.0123 e. The quantitative estimate of drug-likeness (QED) is 0.545. The summed E-state index contributed by atoms with van der Waals surface area (Å²) in [6.45, 7) is 9.51. The largest absolute Gasteiger partial charge is 0.0651 e. The highest BCUT2D eigenvalue weighted by molar-refractivity contribution is 5.33. The molecule has 2 unspecified atom stereocenters. The number of hydrogen-bond donors (Lipinski definition) is 0. The minimum absolute atomic E-state index is 0.493. The van der Waals surface area contributed by atoms with Gasteiger partial charge in [0.05, 0.1) is 0 Å². The minimum Gasteiger partial charge on any atom is -0.0651 e. The van der Waals surface area contributed by atoms with Gasteiger partial charge in [-0.15, -0.1) is 0 Å². The van der Waals surface area contributed by atoms with E-state index in [-0.39, 0.29) is 0 Å². The van der Waals surface area contributed by atoms with Crippen LogP contribution in [0.2, 0.25) is 0 Å². The van der Waals surface area contributed by atoms with Gasteiger partial charge in [-0.25, -0.2) is 0 Å². The van der Waals surface area contributed by atoms with Crippen LogP contribution in [0.5, 0.6) is 0 Å². The highest BCUT2D eigenvalue weighted by atomic mass is 14.4. The molecule has 118 valence electrons. The second kappa shape index (κ2) is 8.17. The van der Waals surface area contributed by atoms with Crippen LogP contribution >= 0.6 is 0 Å². The zero-order chi connectivity index (χ0) is 15.9. The van der Waals surface area contributed by atoms with Crippen molar-refractivity contribution in [3.63, 3.8) is 0 Å². The van der Waals surface area contributed by atoms with Crippen molar-refractivity contribution < 1.29 is 0 Å². The number of hydrogen-bond acceptors (Lipinski definition) is 0. The van der Waals surface area contributed by atoms with Crippen molar-refractivity contribution in [2.24, 2.45) is 17.8 Å². The van der Waals surface area contributed by atoms with Crippen molar-refractivity contribution in [1.29, 1.82) is 0 Å². The van der Waals surface area contributed by atoms with E-state index in [9.17, 15) is 0 Å². The molecular formula is C22H30. The molecule has 2 rings (SSSR count). The molecule has 2 aromatic rings. The van der Waals surface area contributed by atoms with Gasteiger partial charge in [-0.3, -0.25) is 0 Å². The lowest BCUT2D eigenvalue weighted by molar-refractivity contribution is 0.217. The summed E-state index contributed by atoms with van der Waals surface area (Å²) >= 11 is 0. The van der Waals surface area contributed by atoms with Gasteiger partial charge in [0.2, 0.25) is 0 Å². The van der Waals surface area contributed by atoms with Gasteiger partial charge in [0.25, 0.3) is 0 Å². The van der Waals surface area contributed by atoms with Gasteiger partial charge in [-0.05, 0) is 28.9 Å². The summed E-state index contributed by atoms with van der Waals surface area (Å²) in [4.78, 5) is 0. The summed E-state index contributed by atoms with van der Waals surface area (Å²) in [5, 5.41) is 0. The summed E-state index contributed by atoms with van der Waals surface area (Å²) in [5.74, 6) is 2.62. The zero-order valence-electron chi connectivity index (χ0n) is 14.5. The van der Waals surface area contributed by atoms with E-state index in [2.05, 4.69) is 88.4 Å². The summed E-state index contributed by atoms with van der Waals surface area (Å²) in [6.07, 6.45) is 2.48. The average molecular weight is 294 g/mol. The molecule has 0 aliphatic heterocycles. The van der Waals surface area contributed by atoms with Crippen molar-refractivity contribution in [2.45, 2.75) is 46.5 Å². The van der Waals surface area contributed by atoms with Crippen molar-refractivity contribution in [3.8, 4) is 0 Å². The Kier molecular flexibility index (Phi) is 6.24. The summed E-state index contributed by atoms with van der Waals surface area (Å²) < 4.78 is 0. The van der Waals surface area contributed by atoms with Crippen LogP contribution < -0.4 is 0 Å². The smallest absolute Gasteiger partial charge is 0.0123 e. The third-order valence-electron chi connectivity index (χ3n) is 5.30. The van der Waals surface area contributed by atoms with E-state index < -0.39 is 0 Å². The highest BCUT2D eigenvalue weighted by Gasteiger charge is 2.32. The zero-order valence-corrected chi connectivity index (χ0v) is 14.5. The summed E-state index contributed by atoms with van der Waals surface area (Å²) in [5.41, 5.74) is 2.92. The molecule has 22 heavy (non-hydrogen) atoms. The maximum atomic E-state index is 2.43. The predicted molar refractivity (Wildman–Crippen MR) is 97.1 cm³/mol.